The van der Waals surface area contributed by atoms with Crippen LogP contribution in [0.1, 0.15) is 117 Å². The molecule has 4 fully saturated rings. The highest BCUT2D eigenvalue weighted by atomic mass is 16.6. The standard InChI is InChI=1S/C33H30O16.C15H24N2O/c1-44-21-10-15(2-4-18(21)35)31-24(14-45-27(41)8-6-25(37)38)46-20-5-3-16(11-22(20)47-31)32-33(49-28(42)9-7-26(39)40)30(43)29-19(36)12-17(34)13-23(29)48-32;18-15-9-3-7-13-14-8-2-5-11-4-1-6-12(17(11)14)10-16(13)15/h2-5,10-13,24,31-36H,6-9,14H2,1H3,(H,37,38)(H,39,40);11-14H,1-10H2. The number of Topliss-reactive ketones (excluding diaryl/α,β-unsaturated/α-hetero) is 1. The average molecular weight is 931 g/mol. The fourth-order valence-electron chi connectivity index (χ4n) is 10.4. The first-order valence-electron chi connectivity index (χ1n) is 22.7. The Hall–Kier alpha value is -6.76. The zero-order valence-electron chi connectivity index (χ0n) is 36.9. The number of carbonyl (C=O) groups is 6. The normalized spacial score (nSPS) is 26.0. The monoisotopic (exact) mass is 930 g/mol. The van der Waals surface area contributed by atoms with Crippen LogP contribution >= 0.6 is 0 Å². The molecule has 67 heavy (non-hydrogen) atoms. The summed E-state index contributed by atoms with van der Waals surface area (Å²) in [5.41, 5.74) is 0.275. The summed E-state index contributed by atoms with van der Waals surface area (Å²) in [7, 11) is 1.34. The predicted octanol–water partition coefficient (Wildman–Crippen LogP) is 5.35. The Morgan fingerprint density at radius 2 is 1.36 bits per heavy atom. The Morgan fingerprint density at radius 1 is 0.687 bits per heavy atom. The van der Waals surface area contributed by atoms with Crippen molar-refractivity contribution in [3.8, 4) is 40.2 Å². The maximum Gasteiger partial charge on any atom is 0.307 e. The minimum absolute atomic E-state index is 0.0968. The average Bonchev–Trinajstić information content (AvgIpc) is 3.30. The Kier molecular flexibility index (Phi) is 14.0. The van der Waals surface area contributed by atoms with Crippen molar-refractivity contribution in [3.05, 3.63) is 65.2 Å². The highest BCUT2D eigenvalue weighted by Crippen LogP contribution is 2.47. The predicted molar refractivity (Wildman–Crippen MR) is 231 cm³/mol. The van der Waals surface area contributed by atoms with E-state index in [1.165, 1.54) is 88.5 Å². The third kappa shape index (κ3) is 10.2. The van der Waals surface area contributed by atoms with Crippen molar-refractivity contribution in [3.63, 3.8) is 0 Å². The van der Waals surface area contributed by atoms with E-state index in [1.54, 1.807) is 0 Å². The molecule has 19 heteroatoms. The molecule has 19 nitrogen and oxygen atoms in total. The third-order valence-corrected chi connectivity index (χ3v) is 13.4. The van der Waals surface area contributed by atoms with Crippen molar-refractivity contribution in [2.75, 3.05) is 20.3 Å². The van der Waals surface area contributed by atoms with Gasteiger partial charge < -0.3 is 58.9 Å². The summed E-state index contributed by atoms with van der Waals surface area (Å²) < 4.78 is 34.3. The number of ketones is 1. The molecular formula is C48H54N2O17. The first-order chi connectivity index (χ1) is 32.2. The van der Waals surface area contributed by atoms with E-state index in [0.717, 1.165) is 37.6 Å². The van der Waals surface area contributed by atoms with Crippen LogP contribution in [0.2, 0.25) is 0 Å². The number of nitrogens with zero attached hydrogens (tertiary/aromatic N) is 2. The van der Waals surface area contributed by atoms with Gasteiger partial charge in [-0.25, -0.2) is 0 Å². The van der Waals surface area contributed by atoms with Crippen LogP contribution in [0.15, 0.2) is 48.5 Å². The molecule has 0 bridgehead atoms. The third-order valence-electron chi connectivity index (χ3n) is 13.4. The van der Waals surface area contributed by atoms with Crippen molar-refractivity contribution in [2.45, 2.75) is 132 Å². The molecule has 0 aliphatic carbocycles. The number of aromatic hydroxyl groups is 3. The topological polar surface area (TPSA) is 265 Å². The van der Waals surface area contributed by atoms with Crippen LogP contribution in [-0.4, -0.2) is 128 Å². The van der Waals surface area contributed by atoms with Gasteiger partial charge in [0.2, 0.25) is 17.8 Å². The van der Waals surface area contributed by atoms with Gasteiger partial charge in [0.25, 0.3) is 0 Å². The molecule has 1 amide bonds. The Labute approximate surface area is 385 Å². The van der Waals surface area contributed by atoms with Crippen LogP contribution < -0.4 is 18.9 Å². The fourth-order valence-corrected chi connectivity index (χ4v) is 10.4. The van der Waals surface area contributed by atoms with E-state index >= 15 is 0 Å². The Morgan fingerprint density at radius 3 is 2.10 bits per heavy atom. The van der Waals surface area contributed by atoms with Crippen LogP contribution in [0.5, 0.6) is 40.2 Å². The number of piperazine rings is 1. The minimum Gasteiger partial charge on any atom is -0.508 e. The second-order valence-electron chi connectivity index (χ2n) is 17.6. The molecule has 6 aliphatic rings. The number of hydrogen-bond donors (Lipinski definition) is 5. The summed E-state index contributed by atoms with van der Waals surface area (Å²) >= 11 is 0. The first-order valence-corrected chi connectivity index (χ1v) is 22.7. The lowest BCUT2D eigenvalue weighted by Crippen LogP contribution is -2.70. The lowest BCUT2D eigenvalue weighted by molar-refractivity contribution is -0.154. The number of aliphatic carboxylic acids is 2. The SMILES string of the molecule is COc1cc(C2Oc3cc(C4Oc5cc(O)cc(O)c5C(=O)C4OC(=O)CCC(=O)O)ccc3OC2COC(=O)CCC(=O)O)ccc1O.O=C1CCCC2C3CCCC4CCCC(CN12)N43. The summed E-state index contributed by atoms with van der Waals surface area (Å²) in [6, 6.07) is 13.5. The van der Waals surface area contributed by atoms with Gasteiger partial charge in [0.1, 0.15) is 29.4 Å². The fraction of sp³-hybridized carbons (Fsp3) is 0.500. The number of fused-ring (bicyclic) bond motifs is 4. The van der Waals surface area contributed by atoms with Gasteiger partial charge in [-0.15, -0.1) is 0 Å². The van der Waals surface area contributed by atoms with Crippen LogP contribution in [0, 0.1) is 0 Å². The molecule has 0 spiro atoms. The van der Waals surface area contributed by atoms with Crippen molar-refractivity contribution in [1.29, 1.82) is 0 Å². The summed E-state index contributed by atoms with van der Waals surface area (Å²) in [5, 5.41) is 48.4. The van der Waals surface area contributed by atoms with E-state index in [4.69, 9.17) is 38.6 Å². The maximum absolute atomic E-state index is 13.6. The molecule has 4 saturated heterocycles. The smallest absolute Gasteiger partial charge is 0.307 e. The van der Waals surface area contributed by atoms with Gasteiger partial charge in [-0.3, -0.25) is 33.7 Å². The molecule has 358 valence electrons. The summed E-state index contributed by atoms with van der Waals surface area (Å²) in [6.45, 7) is 0.683. The summed E-state index contributed by atoms with van der Waals surface area (Å²) in [4.78, 5) is 77.6. The largest absolute Gasteiger partial charge is 0.508 e. The number of phenols is 3. The van der Waals surface area contributed by atoms with Crippen molar-refractivity contribution < 1.29 is 82.7 Å². The van der Waals surface area contributed by atoms with E-state index in [9.17, 15) is 44.1 Å². The molecule has 3 aromatic carbocycles. The number of hydrogen-bond acceptors (Lipinski definition) is 16. The van der Waals surface area contributed by atoms with Gasteiger partial charge in [-0.05, 0) is 62.8 Å². The van der Waals surface area contributed by atoms with Crippen molar-refractivity contribution in [1.82, 2.24) is 9.80 Å². The number of methoxy groups -OCH3 is 1. The molecule has 0 aromatic heterocycles. The molecule has 6 heterocycles. The molecule has 8 unspecified atom stereocenters. The highest BCUT2D eigenvalue weighted by molar-refractivity contribution is 6.06. The zero-order valence-corrected chi connectivity index (χ0v) is 36.9. The second-order valence-corrected chi connectivity index (χ2v) is 17.6. The first kappa shape index (κ1) is 46.8. The number of rotatable bonds is 12. The second kappa shape index (κ2) is 20.0. The molecule has 6 aliphatic heterocycles. The lowest BCUT2D eigenvalue weighted by Gasteiger charge is -2.59. The van der Waals surface area contributed by atoms with E-state index in [0.29, 0.717) is 29.6 Å². The molecule has 5 N–H and O–H groups in total. The van der Waals surface area contributed by atoms with Gasteiger partial charge in [0, 0.05) is 60.4 Å². The number of benzene rings is 3. The van der Waals surface area contributed by atoms with Crippen LogP contribution in [-0.2, 0) is 33.4 Å². The van der Waals surface area contributed by atoms with Crippen LogP contribution in [0.3, 0.4) is 0 Å². The maximum atomic E-state index is 13.6. The summed E-state index contributed by atoms with van der Waals surface area (Å²) in [5.74, 6) is -5.73. The minimum atomic E-state index is -1.69. The van der Waals surface area contributed by atoms with Gasteiger partial charge in [-0.1, -0.05) is 25.0 Å². The van der Waals surface area contributed by atoms with E-state index in [2.05, 4.69) is 9.80 Å². The van der Waals surface area contributed by atoms with Gasteiger partial charge in [0.05, 0.1) is 32.8 Å². The molecule has 9 rings (SSSR count). The quantitative estimate of drug-likeness (QED) is 0.143. The van der Waals surface area contributed by atoms with E-state index < -0.39 is 84.8 Å². The zero-order chi connectivity index (χ0) is 47.5. The van der Waals surface area contributed by atoms with E-state index in [1.807, 2.05) is 0 Å². The number of amides is 1. The van der Waals surface area contributed by atoms with Gasteiger partial charge in [0.15, 0.2) is 41.3 Å². The van der Waals surface area contributed by atoms with E-state index in [-0.39, 0.29) is 52.9 Å². The van der Waals surface area contributed by atoms with Crippen LogP contribution in [0.4, 0.5) is 0 Å². The highest BCUT2D eigenvalue weighted by Gasteiger charge is 2.49. The lowest BCUT2D eigenvalue weighted by atomic mass is 9.77. The number of phenolic OH excluding ortho intramolecular Hbond substituents is 3. The number of piperidine rings is 3. The molecule has 8 atom stereocenters. The molecule has 0 radical (unpaired) electrons. The molecular weight excluding hydrogens is 877 g/mol. The van der Waals surface area contributed by atoms with Crippen LogP contribution in [0.25, 0.3) is 0 Å². The number of carbonyl (C=O) groups excluding carboxylic acids is 4. The Balaban J connectivity index is 0.000000277. The number of carboxylic acid groups (broad SMARTS) is 2. The van der Waals surface area contributed by atoms with Gasteiger partial charge in [-0.2, -0.15) is 0 Å². The number of esters is 2. The summed E-state index contributed by atoms with van der Waals surface area (Å²) in [6.07, 6.45) is 4.46. The molecule has 3 aromatic rings. The molecule has 0 saturated carbocycles. The number of ether oxygens (including phenoxy) is 6. The Bertz CT molecular complexity index is 2400. The van der Waals surface area contributed by atoms with Crippen molar-refractivity contribution >= 4 is 35.6 Å². The number of carboxylic acids is 2. The van der Waals surface area contributed by atoms with Crippen molar-refractivity contribution in [2.24, 2.45) is 0 Å². The van der Waals surface area contributed by atoms with Gasteiger partial charge >= 0.3 is 23.9 Å².